The number of hydrogen-bond donors (Lipinski definition) is 2. The molecule has 0 heterocycles. The summed E-state index contributed by atoms with van der Waals surface area (Å²) in [6, 6.07) is 0. The molecule has 0 bridgehead atoms. The van der Waals surface area contributed by atoms with Crippen molar-refractivity contribution >= 4 is 18.2 Å². The minimum absolute atomic E-state index is 0.0220. The zero-order valence-electron chi connectivity index (χ0n) is 42.3. The lowest BCUT2D eigenvalue weighted by Gasteiger charge is -2.44. The molecule has 2 amide bonds. The Labute approximate surface area is 385 Å². The predicted octanol–water partition coefficient (Wildman–Crippen LogP) is 15.3. The molecule has 9 nitrogen and oxygen atoms in total. The summed E-state index contributed by atoms with van der Waals surface area (Å²) in [6.07, 6.45) is 45.9. The summed E-state index contributed by atoms with van der Waals surface area (Å²) in [6.45, 7) is 7.77. The van der Waals surface area contributed by atoms with E-state index in [9.17, 15) is 14.4 Å². The van der Waals surface area contributed by atoms with Crippen LogP contribution in [0.4, 0.5) is 9.59 Å². The van der Waals surface area contributed by atoms with E-state index in [1.54, 1.807) is 0 Å². The Morgan fingerprint density at radius 2 is 0.597 bits per heavy atom. The first kappa shape index (κ1) is 60.0. The van der Waals surface area contributed by atoms with E-state index in [1.165, 1.54) is 193 Å². The fraction of sp³-hybridized carbons (Fsp3) is 0.943. The van der Waals surface area contributed by atoms with Gasteiger partial charge < -0.3 is 29.3 Å². The second-order valence-corrected chi connectivity index (χ2v) is 19.7. The Morgan fingerprint density at radius 3 is 0.871 bits per heavy atom. The van der Waals surface area contributed by atoms with Gasteiger partial charge in [0.15, 0.2) is 19.8 Å². The largest absolute Gasteiger partial charge is 0.459 e. The number of hydrogen-bond acceptors (Lipinski definition) is 6. The van der Waals surface area contributed by atoms with Crippen LogP contribution in [0.2, 0.25) is 0 Å². The van der Waals surface area contributed by atoms with Gasteiger partial charge in [0.05, 0.1) is 21.1 Å². The lowest BCUT2D eigenvalue weighted by molar-refractivity contribution is -0.925. The van der Waals surface area contributed by atoms with Crippen molar-refractivity contribution in [2.24, 2.45) is 0 Å². The summed E-state index contributed by atoms with van der Waals surface area (Å²) in [5, 5.41) is 5.82. The smallest absolute Gasteiger partial charge is 0.407 e. The molecule has 0 aromatic rings. The van der Waals surface area contributed by atoms with Crippen LogP contribution < -0.4 is 10.6 Å². The third kappa shape index (κ3) is 38.4. The van der Waals surface area contributed by atoms with Gasteiger partial charge in [0, 0.05) is 19.5 Å². The van der Waals surface area contributed by atoms with Crippen LogP contribution in [0, 0.1) is 0 Å². The molecule has 0 unspecified atom stereocenters. The van der Waals surface area contributed by atoms with Crippen LogP contribution in [0.5, 0.6) is 0 Å². The summed E-state index contributed by atoms with van der Waals surface area (Å²) in [7, 11) is 5.88. The van der Waals surface area contributed by atoms with Crippen LogP contribution in [0.1, 0.15) is 265 Å². The normalized spacial score (nSPS) is 11.8. The summed E-state index contributed by atoms with van der Waals surface area (Å²) in [4.78, 5) is 38.9. The van der Waals surface area contributed by atoms with Crippen molar-refractivity contribution in [3.63, 3.8) is 0 Å². The fourth-order valence-corrected chi connectivity index (χ4v) is 8.09. The summed E-state index contributed by atoms with van der Waals surface area (Å²) in [5.74, 6) is -0.265. The molecule has 0 fully saturated rings. The average Bonchev–Trinajstić information content (AvgIpc) is 3.25. The van der Waals surface area contributed by atoms with E-state index in [0.717, 1.165) is 44.9 Å². The SMILES string of the molecule is CCCCCCCCCCCCCCCC(=O)OCC(COC(=O)NCCCCCCCCCCCCCC)(COC(=O)NCCCCCCCCCCCCCC)[N+](C)(C)C. The topological polar surface area (TPSA) is 103 Å². The van der Waals surface area contributed by atoms with Crippen LogP contribution in [0.15, 0.2) is 0 Å². The van der Waals surface area contributed by atoms with E-state index in [2.05, 4.69) is 31.4 Å². The Morgan fingerprint density at radius 1 is 0.355 bits per heavy atom. The number of alkyl carbamates (subject to hydrolysis) is 2. The number of ether oxygens (including phenoxy) is 3. The van der Waals surface area contributed by atoms with Gasteiger partial charge in [-0.2, -0.15) is 0 Å². The van der Waals surface area contributed by atoms with Crippen molar-refractivity contribution in [2.75, 3.05) is 54.1 Å². The van der Waals surface area contributed by atoms with E-state index < -0.39 is 17.7 Å². The number of esters is 1. The highest BCUT2D eigenvalue weighted by Crippen LogP contribution is 2.23. The lowest BCUT2D eigenvalue weighted by atomic mass is 9.99. The molecule has 0 rings (SSSR count). The minimum atomic E-state index is -0.980. The van der Waals surface area contributed by atoms with Gasteiger partial charge in [0.2, 0.25) is 5.54 Å². The highest BCUT2D eigenvalue weighted by atomic mass is 16.6. The minimum Gasteiger partial charge on any atom is -0.459 e. The molecule has 0 spiro atoms. The molecule has 0 atom stereocenters. The molecule has 0 aromatic carbocycles. The monoisotopic (exact) mass is 881 g/mol. The van der Waals surface area contributed by atoms with Crippen LogP contribution in [0.25, 0.3) is 0 Å². The van der Waals surface area contributed by atoms with Crippen molar-refractivity contribution < 1.29 is 33.1 Å². The lowest BCUT2D eigenvalue weighted by Crippen LogP contribution is -2.66. The summed E-state index contributed by atoms with van der Waals surface area (Å²) < 4.78 is 17.8. The second kappa shape index (κ2) is 44.2. The number of likely N-dealkylation sites (N-methyl/N-ethyl adjacent to an activating group) is 1. The van der Waals surface area contributed by atoms with E-state index in [-0.39, 0.29) is 30.3 Å². The van der Waals surface area contributed by atoms with Gasteiger partial charge in [0.1, 0.15) is 0 Å². The van der Waals surface area contributed by atoms with Gasteiger partial charge in [-0.25, -0.2) is 9.59 Å². The van der Waals surface area contributed by atoms with Gasteiger partial charge in [-0.15, -0.1) is 0 Å². The standard InChI is InChI=1S/C53H105N3O6/c1-7-10-13-16-19-22-25-28-29-32-35-38-41-44-50(57)60-47-53(56(4,5)6,48-61-51(58)54-45-42-39-36-33-30-26-23-20-17-14-11-8-2)49-62-52(59)55-46-43-40-37-34-31-27-24-21-18-15-12-9-3/h7-49H2,1-6H3,(H-,54,55,58,59)/p+1. The van der Waals surface area contributed by atoms with Gasteiger partial charge >= 0.3 is 18.2 Å². The molecular weight excluding hydrogens is 775 g/mol. The fourth-order valence-electron chi connectivity index (χ4n) is 8.09. The van der Waals surface area contributed by atoms with Crippen molar-refractivity contribution in [3.05, 3.63) is 0 Å². The van der Waals surface area contributed by atoms with Crippen LogP contribution in [-0.2, 0) is 19.0 Å². The van der Waals surface area contributed by atoms with Crippen molar-refractivity contribution in [2.45, 2.75) is 270 Å². The first-order valence-corrected chi connectivity index (χ1v) is 26.9. The first-order chi connectivity index (χ1) is 30.1. The van der Waals surface area contributed by atoms with Crippen molar-refractivity contribution in [1.29, 1.82) is 0 Å². The number of rotatable bonds is 47. The predicted molar refractivity (Wildman–Crippen MR) is 263 cm³/mol. The molecule has 368 valence electrons. The Bertz CT molecular complexity index is 890. The van der Waals surface area contributed by atoms with Gasteiger partial charge in [-0.05, 0) is 19.3 Å². The maximum absolute atomic E-state index is 13.0. The third-order valence-electron chi connectivity index (χ3n) is 13.0. The Hall–Kier alpha value is -2.03. The van der Waals surface area contributed by atoms with Gasteiger partial charge in [-0.3, -0.25) is 4.79 Å². The molecular formula is C53H106N3O6+. The Balaban J connectivity index is 4.81. The maximum Gasteiger partial charge on any atom is 0.407 e. The van der Waals surface area contributed by atoms with Crippen LogP contribution in [0.3, 0.4) is 0 Å². The second-order valence-electron chi connectivity index (χ2n) is 19.7. The van der Waals surface area contributed by atoms with E-state index in [4.69, 9.17) is 14.2 Å². The van der Waals surface area contributed by atoms with E-state index >= 15 is 0 Å². The summed E-state index contributed by atoms with van der Waals surface area (Å²) in [5.41, 5.74) is -0.980. The van der Waals surface area contributed by atoms with Gasteiger partial charge in [0.25, 0.3) is 0 Å². The van der Waals surface area contributed by atoms with Crippen molar-refractivity contribution in [1.82, 2.24) is 10.6 Å². The number of unbranched alkanes of at least 4 members (excludes halogenated alkanes) is 34. The third-order valence-corrected chi connectivity index (χ3v) is 13.0. The zero-order valence-corrected chi connectivity index (χ0v) is 42.3. The molecule has 0 saturated carbocycles. The molecule has 0 aromatic heterocycles. The molecule has 9 heteroatoms. The first-order valence-electron chi connectivity index (χ1n) is 26.9. The number of quaternary nitrogens is 1. The zero-order chi connectivity index (χ0) is 45.7. The Kier molecular flexibility index (Phi) is 42.7. The number of nitrogens with zero attached hydrogens (tertiary/aromatic N) is 1. The number of carbonyl (C=O) groups is 3. The molecule has 0 aliphatic heterocycles. The quantitative estimate of drug-likeness (QED) is 0.0273. The molecule has 0 aliphatic rings. The van der Waals surface area contributed by atoms with Crippen molar-refractivity contribution in [3.8, 4) is 0 Å². The number of nitrogens with one attached hydrogen (secondary N) is 2. The molecule has 0 aliphatic carbocycles. The molecule has 0 radical (unpaired) electrons. The van der Waals surface area contributed by atoms with E-state index in [1.807, 2.05) is 21.1 Å². The summed E-state index contributed by atoms with van der Waals surface area (Å²) >= 11 is 0. The van der Waals surface area contributed by atoms with E-state index in [0.29, 0.717) is 19.5 Å². The maximum atomic E-state index is 13.0. The highest BCUT2D eigenvalue weighted by molar-refractivity contribution is 5.69. The van der Waals surface area contributed by atoms with Crippen LogP contribution in [-0.4, -0.2) is 82.2 Å². The number of amides is 2. The molecule has 0 saturated heterocycles. The van der Waals surface area contributed by atoms with Gasteiger partial charge in [-0.1, -0.05) is 239 Å². The molecule has 62 heavy (non-hydrogen) atoms. The van der Waals surface area contributed by atoms with Crippen LogP contribution >= 0.6 is 0 Å². The molecule has 2 N–H and O–H groups in total. The number of carbonyl (C=O) groups excluding carboxylic acids is 3. The average molecular weight is 881 g/mol. The highest BCUT2D eigenvalue weighted by Gasteiger charge is 2.48.